The molecule has 5 nitrogen and oxygen atoms in total. The number of aliphatic hydroxyl groups is 1. The van der Waals surface area contributed by atoms with Crippen molar-refractivity contribution in [2.45, 2.75) is 39.2 Å². The van der Waals surface area contributed by atoms with Gasteiger partial charge in [-0.15, -0.1) is 24.0 Å². The molecule has 124 valence electrons. The second kappa shape index (κ2) is 9.84. The van der Waals surface area contributed by atoms with Crippen molar-refractivity contribution in [3.63, 3.8) is 0 Å². The number of aliphatic hydroxyl groups excluding tert-OH is 1. The van der Waals surface area contributed by atoms with Crippen LogP contribution in [0.4, 0.5) is 0 Å². The van der Waals surface area contributed by atoms with E-state index in [4.69, 9.17) is 4.99 Å². The number of rotatable bonds is 5. The van der Waals surface area contributed by atoms with Gasteiger partial charge in [-0.2, -0.15) is 0 Å². The number of aliphatic imine (C=N–C) groups is 1. The van der Waals surface area contributed by atoms with Crippen molar-refractivity contribution in [3.8, 4) is 0 Å². The molecule has 2 saturated heterocycles. The van der Waals surface area contributed by atoms with Crippen LogP contribution in [0.3, 0.4) is 0 Å². The summed E-state index contributed by atoms with van der Waals surface area (Å²) in [6.07, 6.45) is 3.18. The third-order valence-corrected chi connectivity index (χ3v) is 4.21. The van der Waals surface area contributed by atoms with Crippen molar-refractivity contribution in [1.29, 1.82) is 0 Å². The van der Waals surface area contributed by atoms with Crippen molar-refractivity contribution in [3.05, 3.63) is 0 Å². The number of nitrogens with zero attached hydrogens (tertiary/aromatic N) is 3. The molecule has 2 N–H and O–H groups in total. The molecule has 21 heavy (non-hydrogen) atoms. The largest absolute Gasteiger partial charge is 0.391 e. The zero-order valence-corrected chi connectivity index (χ0v) is 15.8. The zero-order valence-electron chi connectivity index (χ0n) is 13.4. The van der Waals surface area contributed by atoms with Gasteiger partial charge in [-0.05, 0) is 45.2 Å². The van der Waals surface area contributed by atoms with Gasteiger partial charge in [0.05, 0.1) is 6.10 Å². The third kappa shape index (κ3) is 5.90. The number of nitrogens with one attached hydrogen (secondary N) is 1. The lowest BCUT2D eigenvalue weighted by Gasteiger charge is -2.21. The first-order valence-electron chi connectivity index (χ1n) is 8.16. The van der Waals surface area contributed by atoms with Crippen LogP contribution < -0.4 is 5.32 Å². The first-order valence-corrected chi connectivity index (χ1v) is 8.16. The van der Waals surface area contributed by atoms with E-state index in [1.807, 2.05) is 0 Å². The van der Waals surface area contributed by atoms with Crippen molar-refractivity contribution in [2.75, 3.05) is 45.8 Å². The Labute approximate surface area is 146 Å². The van der Waals surface area contributed by atoms with Crippen LogP contribution in [-0.4, -0.2) is 72.8 Å². The predicted molar refractivity (Wildman–Crippen MR) is 98.4 cm³/mol. The minimum atomic E-state index is -0.189. The molecule has 0 aromatic heterocycles. The second-order valence-electron chi connectivity index (χ2n) is 6.04. The third-order valence-electron chi connectivity index (χ3n) is 4.21. The van der Waals surface area contributed by atoms with Crippen molar-refractivity contribution in [1.82, 2.24) is 15.1 Å². The van der Waals surface area contributed by atoms with Gasteiger partial charge >= 0.3 is 0 Å². The normalized spacial score (nSPS) is 27.0. The maximum absolute atomic E-state index is 9.66. The highest BCUT2D eigenvalue weighted by molar-refractivity contribution is 14.0. The highest BCUT2D eigenvalue weighted by Crippen LogP contribution is 2.17. The topological polar surface area (TPSA) is 51.1 Å². The Morgan fingerprint density at radius 2 is 2.05 bits per heavy atom. The Hall–Kier alpha value is -0.0800. The molecule has 0 radical (unpaired) electrons. The number of halogens is 1. The van der Waals surface area contributed by atoms with Gasteiger partial charge < -0.3 is 20.2 Å². The lowest BCUT2D eigenvalue weighted by molar-refractivity contribution is 0.187. The summed E-state index contributed by atoms with van der Waals surface area (Å²) in [5.74, 6) is 1.68. The summed E-state index contributed by atoms with van der Waals surface area (Å²) in [5, 5.41) is 13.0. The molecule has 0 amide bonds. The molecule has 2 rings (SSSR count). The van der Waals surface area contributed by atoms with Gasteiger partial charge in [0, 0.05) is 32.7 Å². The average molecular weight is 410 g/mol. The molecule has 0 aromatic carbocycles. The van der Waals surface area contributed by atoms with Crippen LogP contribution in [0.1, 0.15) is 33.1 Å². The maximum atomic E-state index is 9.66. The monoisotopic (exact) mass is 410 g/mol. The molecular weight excluding hydrogens is 379 g/mol. The summed E-state index contributed by atoms with van der Waals surface area (Å²) >= 11 is 0. The SMILES string of the molecule is CCCN1CCC(CN=C(NCC)N2CC[C@@H](O)C2)C1.I. The van der Waals surface area contributed by atoms with Crippen molar-refractivity contribution in [2.24, 2.45) is 10.9 Å². The van der Waals surface area contributed by atoms with Crippen molar-refractivity contribution < 1.29 is 5.11 Å². The summed E-state index contributed by atoms with van der Waals surface area (Å²) in [5.41, 5.74) is 0. The molecule has 0 bridgehead atoms. The fraction of sp³-hybridized carbons (Fsp3) is 0.933. The Morgan fingerprint density at radius 1 is 1.24 bits per heavy atom. The van der Waals surface area contributed by atoms with E-state index >= 15 is 0 Å². The van der Waals surface area contributed by atoms with E-state index in [0.29, 0.717) is 5.92 Å². The number of likely N-dealkylation sites (tertiary alicyclic amines) is 2. The molecule has 0 spiro atoms. The van der Waals surface area contributed by atoms with Crippen LogP contribution in [0.5, 0.6) is 0 Å². The molecule has 2 aliphatic heterocycles. The molecule has 2 atom stereocenters. The summed E-state index contributed by atoms with van der Waals surface area (Å²) in [7, 11) is 0. The smallest absolute Gasteiger partial charge is 0.194 e. The van der Waals surface area contributed by atoms with E-state index in [9.17, 15) is 5.11 Å². The minimum absolute atomic E-state index is 0. The van der Waals surface area contributed by atoms with E-state index in [1.54, 1.807) is 0 Å². The first kappa shape index (κ1) is 19.0. The number of β-amino-alcohol motifs (C(OH)–C–C–N with tert-alkyl or cyclic N) is 1. The Balaban J connectivity index is 0.00000220. The van der Waals surface area contributed by atoms with Gasteiger partial charge in [-0.25, -0.2) is 0 Å². The van der Waals surface area contributed by atoms with Crippen LogP contribution in [0.25, 0.3) is 0 Å². The molecule has 0 saturated carbocycles. The van der Waals surface area contributed by atoms with Crippen LogP contribution in [0, 0.1) is 5.92 Å². The zero-order chi connectivity index (χ0) is 14.4. The number of hydrogen-bond acceptors (Lipinski definition) is 3. The summed E-state index contributed by atoms with van der Waals surface area (Å²) < 4.78 is 0. The molecule has 2 aliphatic rings. The minimum Gasteiger partial charge on any atom is -0.391 e. The highest BCUT2D eigenvalue weighted by Gasteiger charge is 2.24. The second-order valence-corrected chi connectivity index (χ2v) is 6.04. The quantitative estimate of drug-likeness (QED) is 0.409. The fourth-order valence-corrected chi connectivity index (χ4v) is 3.16. The first-order chi connectivity index (χ1) is 9.72. The van der Waals surface area contributed by atoms with Gasteiger partial charge in [0.15, 0.2) is 5.96 Å². The molecule has 0 aliphatic carbocycles. The van der Waals surface area contributed by atoms with Gasteiger partial charge in [-0.3, -0.25) is 4.99 Å². The van der Waals surface area contributed by atoms with Crippen molar-refractivity contribution >= 4 is 29.9 Å². The molecule has 1 unspecified atom stereocenters. The van der Waals surface area contributed by atoms with E-state index in [1.165, 1.54) is 32.5 Å². The lowest BCUT2D eigenvalue weighted by atomic mass is 10.1. The van der Waals surface area contributed by atoms with E-state index in [-0.39, 0.29) is 30.1 Å². The van der Waals surface area contributed by atoms with E-state index in [0.717, 1.165) is 38.6 Å². The molecule has 2 heterocycles. The molecule has 0 aromatic rings. The number of guanidine groups is 1. The van der Waals surface area contributed by atoms with Gasteiger partial charge in [0.25, 0.3) is 0 Å². The van der Waals surface area contributed by atoms with Crippen LogP contribution >= 0.6 is 24.0 Å². The molecule has 6 heteroatoms. The molecular formula is C15H31IN4O. The number of hydrogen-bond donors (Lipinski definition) is 2. The summed E-state index contributed by atoms with van der Waals surface area (Å²) in [6.45, 7) is 11.4. The van der Waals surface area contributed by atoms with Crippen LogP contribution in [0.2, 0.25) is 0 Å². The lowest BCUT2D eigenvalue weighted by Crippen LogP contribution is -2.40. The summed E-state index contributed by atoms with van der Waals surface area (Å²) in [4.78, 5) is 9.54. The fourth-order valence-electron chi connectivity index (χ4n) is 3.16. The van der Waals surface area contributed by atoms with Gasteiger partial charge in [0.2, 0.25) is 0 Å². The highest BCUT2D eigenvalue weighted by atomic mass is 127. The Morgan fingerprint density at radius 3 is 2.67 bits per heavy atom. The Bertz CT molecular complexity index is 327. The standard InChI is InChI=1S/C15H30N4O.HI/c1-3-7-18-8-5-13(11-18)10-17-15(16-4-2)19-9-6-14(20)12-19;/h13-14,20H,3-12H2,1-2H3,(H,16,17);1H/t13?,14-;/m1./s1. The van der Waals surface area contributed by atoms with Crippen LogP contribution in [0.15, 0.2) is 4.99 Å². The van der Waals surface area contributed by atoms with Gasteiger partial charge in [0.1, 0.15) is 0 Å². The maximum Gasteiger partial charge on any atom is 0.194 e. The predicted octanol–water partition coefficient (Wildman–Crippen LogP) is 1.37. The molecule has 2 fully saturated rings. The van der Waals surface area contributed by atoms with E-state index in [2.05, 4.69) is 29.0 Å². The average Bonchev–Trinajstić information content (AvgIpc) is 3.04. The van der Waals surface area contributed by atoms with Gasteiger partial charge in [-0.1, -0.05) is 6.92 Å². The summed E-state index contributed by atoms with van der Waals surface area (Å²) in [6, 6.07) is 0. The Kier molecular flexibility index (Phi) is 8.89. The van der Waals surface area contributed by atoms with Crippen LogP contribution in [-0.2, 0) is 0 Å². The van der Waals surface area contributed by atoms with E-state index < -0.39 is 0 Å².